The van der Waals surface area contributed by atoms with E-state index in [9.17, 15) is 22.8 Å². The molecule has 1 unspecified atom stereocenters. The van der Waals surface area contributed by atoms with Gasteiger partial charge in [0.25, 0.3) is 0 Å². The van der Waals surface area contributed by atoms with Gasteiger partial charge in [-0.05, 0) is 37.1 Å². The van der Waals surface area contributed by atoms with Crippen molar-refractivity contribution in [3.63, 3.8) is 0 Å². The number of carbonyl (C=O) groups excluding carboxylic acids is 2. The van der Waals surface area contributed by atoms with Crippen molar-refractivity contribution in [3.05, 3.63) is 65.5 Å². The summed E-state index contributed by atoms with van der Waals surface area (Å²) in [6.07, 6.45) is 0.181. The van der Waals surface area contributed by atoms with Gasteiger partial charge in [-0.3, -0.25) is 9.59 Å². The van der Waals surface area contributed by atoms with Crippen molar-refractivity contribution in [2.24, 2.45) is 0 Å². The zero-order valence-electron chi connectivity index (χ0n) is 12.8. The molecule has 2 N–H and O–H groups in total. The molecular weight excluding hydrogens is 321 g/mol. The van der Waals surface area contributed by atoms with Gasteiger partial charge in [0.05, 0.1) is 5.69 Å². The van der Waals surface area contributed by atoms with Crippen molar-refractivity contribution >= 4 is 17.5 Å². The van der Waals surface area contributed by atoms with Crippen molar-refractivity contribution in [1.82, 2.24) is 5.32 Å². The van der Waals surface area contributed by atoms with Gasteiger partial charge in [0.15, 0.2) is 11.6 Å². The second-order valence-electron chi connectivity index (χ2n) is 5.23. The normalized spacial score (nSPS) is 11.7. The molecule has 0 saturated heterocycles. The van der Waals surface area contributed by atoms with E-state index in [1.807, 2.05) is 5.32 Å². The van der Waals surface area contributed by atoms with Gasteiger partial charge in [-0.15, -0.1) is 0 Å². The SMILES string of the molecule is CC(Cc1ccccc1F)NC(=O)C(=O)Nc1cccc(F)c1F. The molecule has 0 aliphatic carbocycles. The highest BCUT2D eigenvalue weighted by Crippen LogP contribution is 2.16. The van der Waals surface area contributed by atoms with E-state index < -0.39 is 41.0 Å². The van der Waals surface area contributed by atoms with Gasteiger partial charge in [0.2, 0.25) is 0 Å². The fourth-order valence-corrected chi connectivity index (χ4v) is 2.11. The maximum absolute atomic E-state index is 13.5. The molecule has 4 nitrogen and oxygen atoms in total. The van der Waals surface area contributed by atoms with Crippen LogP contribution in [0.3, 0.4) is 0 Å². The lowest BCUT2D eigenvalue weighted by Gasteiger charge is -2.14. The number of nitrogens with one attached hydrogen (secondary N) is 2. The Kier molecular flexibility index (Phi) is 5.57. The molecule has 7 heteroatoms. The zero-order chi connectivity index (χ0) is 17.7. The minimum Gasteiger partial charge on any atom is -0.345 e. The lowest BCUT2D eigenvalue weighted by atomic mass is 10.1. The first-order valence-electron chi connectivity index (χ1n) is 7.17. The number of hydrogen-bond acceptors (Lipinski definition) is 2. The fourth-order valence-electron chi connectivity index (χ4n) is 2.11. The maximum atomic E-state index is 13.5. The van der Waals surface area contributed by atoms with Crippen LogP contribution in [0.4, 0.5) is 18.9 Å². The molecule has 0 aliphatic rings. The third-order valence-corrected chi connectivity index (χ3v) is 3.27. The predicted molar refractivity (Wildman–Crippen MR) is 82.7 cm³/mol. The summed E-state index contributed by atoms with van der Waals surface area (Å²) < 4.78 is 40.1. The smallest absolute Gasteiger partial charge is 0.313 e. The molecule has 2 rings (SSSR count). The number of amides is 2. The van der Waals surface area contributed by atoms with Crippen LogP contribution in [0.15, 0.2) is 42.5 Å². The summed E-state index contributed by atoms with van der Waals surface area (Å²) in [6.45, 7) is 1.60. The van der Waals surface area contributed by atoms with E-state index in [1.165, 1.54) is 12.1 Å². The molecule has 2 aromatic rings. The average molecular weight is 336 g/mol. The Morgan fingerprint density at radius 3 is 2.33 bits per heavy atom. The van der Waals surface area contributed by atoms with Gasteiger partial charge in [0, 0.05) is 6.04 Å². The Labute approximate surface area is 136 Å². The Bertz CT molecular complexity index is 765. The largest absolute Gasteiger partial charge is 0.345 e. The van der Waals surface area contributed by atoms with Gasteiger partial charge in [-0.1, -0.05) is 24.3 Å². The van der Waals surface area contributed by atoms with Gasteiger partial charge >= 0.3 is 11.8 Å². The summed E-state index contributed by atoms with van der Waals surface area (Å²) in [7, 11) is 0. The molecule has 0 saturated carbocycles. The summed E-state index contributed by atoms with van der Waals surface area (Å²) in [5.41, 5.74) is -0.0428. The van der Waals surface area contributed by atoms with Crippen LogP contribution in [0.5, 0.6) is 0 Å². The summed E-state index contributed by atoms with van der Waals surface area (Å²) in [6, 6.07) is 8.76. The Hall–Kier alpha value is -2.83. The van der Waals surface area contributed by atoms with E-state index in [0.717, 1.165) is 12.1 Å². The van der Waals surface area contributed by atoms with Crippen LogP contribution < -0.4 is 10.6 Å². The monoisotopic (exact) mass is 336 g/mol. The second kappa shape index (κ2) is 7.63. The van der Waals surface area contributed by atoms with Crippen LogP contribution in [-0.2, 0) is 16.0 Å². The van der Waals surface area contributed by atoms with Gasteiger partial charge in [-0.2, -0.15) is 0 Å². The van der Waals surface area contributed by atoms with E-state index in [4.69, 9.17) is 0 Å². The quantitative estimate of drug-likeness (QED) is 0.844. The molecule has 0 aromatic heterocycles. The van der Waals surface area contributed by atoms with Gasteiger partial charge < -0.3 is 10.6 Å². The molecule has 1 atom stereocenters. The van der Waals surface area contributed by atoms with Crippen LogP contribution >= 0.6 is 0 Å². The summed E-state index contributed by atoms with van der Waals surface area (Å²) in [5, 5.41) is 4.37. The number of halogens is 3. The maximum Gasteiger partial charge on any atom is 0.313 e. The minimum atomic E-state index is -1.25. The predicted octanol–water partition coefficient (Wildman–Crippen LogP) is 2.79. The molecule has 2 amide bonds. The highest BCUT2D eigenvalue weighted by molar-refractivity contribution is 6.39. The lowest BCUT2D eigenvalue weighted by molar-refractivity contribution is -0.136. The number of anilines is 1. The molecule has 126 valence electrons. The second-order valence-corrected chi connectivity index (χ2v) is 5.23. The topological polar surface area (TPSA) is 58.2 Å². The summed E-state index contributed by atoms with van der Waals surface area (Å²) >= 11 is 0. The Balaban J connectivity index is 1.95. The van der Waals surface area contributed by atoms with Crippen molar-refractivity contribution in [2.45, 2.75) is 19.4 Å². The highest BCUT2D eigenvalue weighted by Gasteiger charge is 2.19. The molecule has 2 aromatic carbocycles. The van der Waals surface area contributed by atoms with Crippen molar-refractivity contribution in [1.29, 1.82) is 0 Å². The molecule has 0 aliphatic heterocycles. The van der Waals surface area contributed by atoms with Crippen molar-refractivity contribution in [3.8, 4) is 0 Å². The molecule has 24 heavy (non-hydrogen) atoms. The first-order valence-corrected chi connectivity index (χ1v) is 7.17. The number of carbonyl (C=O) groups is 2. The first-order chi connectivity index (χ1) is 11.4. The molecular formula is C17H15F3N2O2. The summed E-state index contributed by atoms with van der Waals surface area (Å²) in [5.74, 6) is -4.97. The third-order valence-electron chi connectivity index (χ3n) is 3.27. The molecule has 0 bridgehead atoms. The number of hydrogen-bond donors (Lipinski definition) is 2. The first kappa shape index (κ1) is 17.5. The van der Waals surface area contributed by atoms with E-state index in [-0.39, 0.29) is 6.42 Å². The zero-order valence-corrected chi connectivity index (χ0v) is 12.8. The lowest BCUT2D eigenvalue weighted by Crippen LogP contribution is -2.41. The molecule has 0 radical (unpaired) electrons. The Morgan fingerprint density at radius 2 is 1.62 bits per heavy atom. The third kappa shape index (κ3) is 4.34. The van der Waals surface area contributed by atoms with Crippen LogP contribution in [0.2, 0.25) is 0 Å². The molecule has 0 spiro atoms. The average Bonchev–Trinajstić information content (AvgIpc) is 2.54. The van der Waals surface area contributed by atoms with E-state index in [1.54, 1.807) is 25.1 Å². The number of benzene rings is 2. The van der Waals surface area contributed by atoms with E-state index in [0.29, 0.717) is 5.56 Å². The van der Waals surface area contributed by atoms with Crippen molar-refractivity contribution in [2.75, 3.05) is 5.32 Å². The van der Waals surface area contributed by atoms with Crippen molar-refractivity contribution < 1.29 is 22.8 Å². The standard InChI is InChI=1S/C17H15F3N2O2/c1-10(9-11-5-2-3-6-12(11)18)21-16(23)17(24)22-14-8-4-7-13(19)15(14)20/h2-8,10H,9H2,1H3,(H,21,23)(H,22,24). The fraction of sp³-hybridized carbons (Fsp3) is 0.176. The van der Waals surface area contributed by atoms with Crippen LogP contribution in [0.1, 0.15) is 12.5 Å². The van der Waals surface area contributed by atoms with E-state index >= 15 is 0 Å². The highest BCUT2D eigenvalue weighted by atomic mass is 19.2. The minimum absolute atomic E-state index is 0.181. The Morgan fingerprint density at radius 1 is 0.958 bits per heavy atom. The van der Waals surface area contributed by atoms with Crippen LogP contribution in [0.25, 0.3) is 0 Å². The molecule has 0 fully saturated rings. The number of rotatable bonds is 4. The van der Waals surface area contributed by atoms with Crippen LogP contribution in [0, 0.1) is 17.5 Å². The summed E-state index contributed by atoms with van der Waals surface area (Å²) in [4.78, 5) is 23.5. The van der Waals surface area contributed by atoms with E-state index in [2.05, 4.69) is 5.32 Å². The van der Waals surface area contributed by atoms with Gasteiger partial charge in [0.1, 0.15) is 5.82 Å². The molecule has 0 heterocycles. The van der Waals surface area contributed by atoms with Crippen LogP contribution in [-0.4, -0.2) is 17.9 Å². The van der Waals surface area contributed by atoms with Gasteiger partial charge in [-0.25, -0.2) is 13.2 Å².